The smallest absolute Gasteiger partial charge is 0.343 e. The highest BCUT2D eigenvalue weighted by atomic mass is 16.5. The molecule has 39 heavy (non-hydrogen) atoms. The Morgan fingerprint density at radius 3 is 1.08 bits per heavy atom. The lowest BCUT2D eigenvalue weighted by Gasteiger charge is -2.14. The van der Waals surface area contributed by atoms with E-state index in [2.05, 4.69) is 13.8 Å². The van der Waals surface area contributed by atoms with Gasteiger partial charge in [-0.1, -0.05) is 161 Å². The first-order valence-electron chi connectivity index (χ1n) is 16.8. The summed E-state index contributed by atoms with van der Waals surface area (Å²) in [6.45, 7) is 5.64. The van der Waals surface area contributed by atoms with Crippen LogP contribution in [0.3, 0.4) is 0 Å². The molecule has 0 radical (unpaired) electrons. The summed E-state index contributed by atoms with van der Waals surface area (Å²) in [5, 5.41) is 9.79. The topological polar surface area (TPSA) is 55.8 Å². The number of carboxylic acid groups (broad SMARTS) is 1. The predicted molar refractivity (Wildman–Crippen MR) is 167 cm³/mol. The van der Waals surface area contributed by atoms with Gasteiger partial charge in [0.2, 0.25) is 0 Å². The van der Waals surface area contributed by atoms with Crippen LogP contribution in [-0.4, -0.2) is 24.3 Å². The average Bonchev–Trinajstić information content (AvgIpc) is 2.93. The second kappa shape index (κ2) is 26.5. The molecule has 1 N–H and O–H groups in total. The van der Waals surface area contributed by atoms with Crippen LogP contribution in [0.5, 0.6) is 11.5 Å². The van der Waals surface area contributed by atoms with E-state index < -0.39 is 5.97 Å². The molecule has 0 fully saturated rings. The second-order valence-corrected chi connectivity index (χ2v) is 11.4. The number of unbranched alkanes of at least 4 members (excludes halogenated alkanes) is 22. The predicted octanol–water partition coefficient (Wildman–Crippen LogP) is 11.5. The number of aromatic carboxylic acids is 1. The van der Waals surface area contributed by atoms with Gasteiger partial charge in [0.05, 0.1) is 13.2 Å². The molecule has 0 saturated carbocycles. The van der Waals surface area contributed by atoms with Gasteiger partial charge in [-0.05, 0) is 25.0 Å². The molecule has 0 atom stereocenters. The maximum atomic E-state index is 12.0. The Morgan fingerprint density at radius 1 is 0.513 bits per heavy atom. The number of ether oxygens (including phenoxy) is 2. The van der Waals surface area contributed by atoms with Gasteiger partial charge in [0.1, 0.15) is 17.1 Å². The first-order chi connectivity index (χ1) is 19.2. The third-order valence-corrected chi connectivity index (χ3v) is 7.71. The van der Waals surface area contributed by atoms with Crippen LogP contribution in [0, 0.1) is 0 Å². The van der Waals surface area contributed by atoms with E-state index in [9.17, 15) is 9.90 Å². The Kier molecular flexibility index (Phi) is 24.0. The van der Waals surface area contributed by atoms with Gasteiger partial charge >= 0.3 is 5.97 Å². The van der Waals surface area contributed by atoms with Crippen molar-refractivity contribution < 1.29 is 19.4 Å². The summed E-state index contributed by atoms with van der Waals surface area (Å²) in [7, 11) is 0. The number of carboxylic acids is 1. The molecule has 1 aromatic carbocycles. The molecule has 4 nitrogen and oxygen atoms in total. The zero-order chi connectivity index (χ0) is 28.2. The van der Waals surface area contributed by atoms with Gasteiger partial charge < -0.3 is 14.6 Å². The first-order valence-corrected chi connectivity index (χ1v) is 16.8. The molecule has 226 valence electrons. The summed E-state index contributed by atoms with van der Waals surface area (Å²) in [6.07, 6.45) is 31.1. The highest BCUT2D eigenvalue weighted by Gasteiger charge is 2.18. The van der Waals surface area contributed by atoms with Crippen LogP contribution >= 0.6 is 0 Å². The molecular formula is C35H62O4. The van der Waals surface area contributed by atoms with E-state index in [1.165, 1.54) is 128 Å². The summed E-state index contributed by atoms with van der Waals surface area (Å²) in [6, 6.07) is 5.34. The van der Waals surface area contributed by atoms with Crippen LogP contribution in [0.2, 0.25) is 0 Å². The minimum absolute atomic E-state index is 0.162. The van der Waals surface area contributed by atoms with E-state index in [1.807, 2.05) is 6.07 Å². The highest BCUT2D eigenvalue weighted by molar-refractivity contribution is 5.94. The van der Waals surface area contributed by atoms with Crippen LogP contribution in [-0.2, 0) is 0 Å². The molecule has 0 heterocycles. The molecule has 0 aliphatic rings. The molecule has 1 aromatic rings. The normalized spacial score (nSPS) is 11.1. The first kappa shape index (κ1) is 35.3. The second-order valence-electron chi connectivity index (χ2n) is 11.4. The van der Waals surface area contributed by atoms with Gasteiger partial charge in [-0.15, -0.1) is 0 Å². The van der Waals surface area contributed by atoms with Crippen LogP contribution in [0.15, 0.2) is 18.2 Å². The van der Waals surface area contributed by atoms with Crippen molar-refractivity contribution in [2.24, 2.45) is 0 Å². The molecule has 0 aliphatic carbocycles. The molecular weight excluding hydrogens is 484 g/mol. The monoisotopic (exact) mass is 546 g/mol. The number of rotatable bonds is 29. The van der Waals surface area contributed by atoms with E-state index >= 15 is 0 Å². The van der Waals surface area contributed by atoms with Crippen molar-refractivity contribution in [3.8, 4) is 11.5 Å². The molecule has 0 spiro atoms. The minimum Gasteiger partial charge on any atom is -0.493 e. The fraction of sp³-hybridized carbons (Fsp3) is 0.800. The van der Waals surface area contributed by atoms with E-state index in [0.717, 1.165) is 25.7 Å². The Hall–Kier alpha value is -1.71. The largest absolute Gasteiger partial charge is 0.493 e. The van der Waals surface area contributed by atoms with Crippen LogP contribution in [0.25, 0.3) is 0 Å². The van der Waals surface area contributed by atoms with Crippen molar-refractivity contribution in [3.05, 3.63) is 23.8 Å². The van der Waals surface area contributed by atoms with Gasteiger partial charge in [0.25, 0.3) is 0 Å². The number of hydrogen-bond donors (Lipinski definition) is 1. The SMILES string of the molecule is CCCCCCCCCCCCCCOc1cccc(OCCCCCCCCCCCCCC)c1C(=O)O. The van der Waals surface area contributed by atoms with Gasteiger partial charge in [-0.25, -0.2) is 4.79 Å². The molecule has 1 rings (SSSR count). The number of benzene rings is 1. The molecule has 0 amide bonds. The van der Waals surface area contributed by atoms with E-state index in [0.29, 0.717) is 24.7 Å². The van der Waals surface area contributed by atoms with Gasteiger partial charge in [-0.3, -0.25) is 0 Å². The third-order valence-electron chi connectivity index (χ3n) is 7.71. The van der Waals surface area contributed by atoms with Gasteiger partial charge in [-0.2, -0.15) is 0 Å². The molecule has 0 saturated heterocycles. The molecule has 0 aliphatic heterocycles. The van der Waals surface area contributed by atoms with E-state index in [-0.39, 0.29) is 5.56 Å². The Labute approximate surface area is 241 Å². The minimum atomic E-state index is -0.981. The highest BCUT2D eigenvalue weighted by Crippen LogP contribution is 2.29. The fourth-order valence-electron chi connectivity index (χ4n) is 5.21. The molecule has 0 aromatic heterocycles. The quantitative estimate of drug-likeness (QED) is 0.102. The molecule has 0 bridgehead atoms. The van der Waals surface area contributed by atoms with Crippen LogP contribution < -0.4 is 9.47 Å². The van der Waals surface area contributed by atoms with Gasteiger partial charge in [0.15, 0.2) is 0 Å². The van der Waals surface area contributed by atoms with Crippen molar-refractivity contribution >= 4 is 5.97 Å². The lowest BCUT2D eigenvalue weighted by Crippen LogP contribution is -2.08. The summed E-state index contributed by atoms with van der Waals surface area (Å²) in [4.78, 5) is 12.0. The zero-order valence-electron chi connectivity index (χ0n) is 25.8. The summed E-state index contributed by atoms with van der Waals surface area (Å²) in [5.74, 6) is -0.125. The fourth-order valence-corrected chi connectivity index (χ4v) is 5.21. The van der Waals surface area contributed by atoms with E-state index in [1.54, 1.807) is 12.1 Å². The zero-order valence-corrected chi connectivity index (χ0v) is 25.8. The Morgan fingerprint density at radius 2 is 0.795 bits per heavy atom. The lowest BCUT2D eigenvalue weighted by atomic mass is 10.1. The molecule has 4 heteroatoms. The lowest BCUT2D eigenvalue weighted by molar-refractivity contribution is 0.0687. The maximum absolute atomic E-state index is 12.0. The van der Waals surface area contributed by atoms with Gasteiger partial charge in [0, 0.05) is 0 Å². The van der Waals surface area contributed by atoms with Crippen molar-refractivity contribution in [2.75, 3.05) is 13.2 Å². The number of hydrogen-bond acceptors (Lipinski definition) is 3. The van der Waals surface area contributed by atoms with Crippen molar-refractivity contribution in [2.45, 2.75) is 168 Å². The number of carbonyl (C=O) groups is 1. The van der Waals surface area contributed by atoms with Crippen molar-refractivity contribution in [3.63, 3.8) is 0 Å². The summed E-state index contributed by atoms with van der Waals surface area (Å²) >= 11 is 0. The average molecular weight is 547 g/mol. The van der Waals surface area contributed by atoms with Crippen LogP contribution in [0.1, 0.15) is 178 Å². The third kappa shape index (κ3) is 19.9. The Bertz CT molecular complexity index is 639. The van der Waals surface area contributed by atoms with Crippen molar-refractivity contribution in [1.29, 1.82) is 0 Å². The standard InChI is InChI=1S/C35H62O4/c1-3-5-7-9-11-13-15-17-19-21-23-25-30-38-32-28-27-29-33(34(32)35(36)37)39-31-26-24-22-20-18-16-14-12-10-8-6-4-2/h27-29H,3-26,30-31H2,1-2H3,(H,36,37). The molecule has 0 unspecified atom stereocenters. The Balaban J connectivity index is 2.13. The van der Waals surface area contributed by atoms with Crippen molar-refractivity contribution in [1.82, 2.24) is 0 Å². The summed E-state index contributed by atoms with van der Waals surface area (Å²) < 4.78 is 11.8. The van der Waals surface area contributed by atoms with E-state index in [4.69, 9.17) is 9.47 Å². The maximum Gasteiger partial charge on any atom is 0.343 e. The summed E-state index contributed by atoms with van der Waals surface area (Å²) in [5.41, 5.74) is 0.162. The van der Waals surface area contributed by atoms with Crippen LogP contribution in [0.4, 0.5) is 0 Å².